The van der Waals surface area contributed by atoms with Crippen molar-refractivity contribution in [3.63, 3.8) is 0 Å². The number of benzene rings is 2. The average molecular weight is 408 g/mol. The van der Waals surface area contributed by atoms with Crippen molar-refractivity contribution in [2.45, 2.75) is 26.3 Å². The molecule has 1 heterocycles. The van der Waals surface area contributed by atoms with Crippen molar-refractivity contribution in [2.75, 3.05) is 6.54 Å². The van der Waals surface area contributed by atoms with Gasteiger partial charge in [-0.25, -0.2) is 9.07 Å². The minimum Gasteiger partial charge on any atom is -0.354 e. The molecular formula is C23H25FN4O2. The molecule has 2 amide bonds. The molecule has 0 aliphatic heterocycles. The summed E-state index contributed by atoms with van der Waals surface area (Å²) in [7, 11) is 0. The van der Waals surface area contributed by atoms with Gasteiger partial charge in [-0.1, -0.05) is 26.0 Å². The molecule has 0 saturated carbocycles. The Kier molecular flexibility index (Phi) is 6.95. The molecule has 0 bridgehead atoms. The van der Waals surface area contributed by atoms with Crippen LogP contribution in [0.4, 0.5) is 4.39 Å². The fraction of sp³-hybridized carbons (Fsp3) is 0.261. The topological polar surface area (TPSA) is 76.0 Å². The molecule has 0 spiro atoms. The summed E-state index contributed by atoms with van der Waals surface area (Å²) in [6.07, 6.45) is 4.27. The maximum Gasteiger partial charge on any atom is 0.251 e. The number of carbonyl (C=O) groups is 2. The minimum absolute atomic E-state index is 0.0947. The lowest BCUT2D eigenvalue weighted by Gasteiger charge is -2.22. The van der Waals surface area contributed by atoms with Gasteiger partial charge in [0.25, 0.3) is 5.91 Å². The zero-order valence-electron chi connectivity index (χ0n) is 17.0. The first-order valence-corrected chi connectivity index (χ1v) is 9.87. The number of hydrogen-bond donors (Lipinski definition) is 2. The monoisotopic (exact) mass is 408 g/mol. The van der Waals surface area contributed by atoms with Crippen LogP contribution in [0, 0.1) is 11.7 Å². The number of nitrogens with one attached hydrogen (secondary N) is 2. The number of nitrogens with zero attached hydrogens (tertiary/aromatic N) is 2. The number of halogens is 1. The highest BCUT2D eigenvalue weighted by Crippen LogP contribution is 2.10. The van der Waals surface area contributed by atoms with E-state index < -0.39 is 17.8 Å². The predicted octanol–water partition coefficient (Wildman–Crippen LogP) is 3.12. The molecule has 1 atom stereocenters. The van der Waals surface area contributed by atoms with Gasteiger partial charge in [0.2, 0.25) is 5.91 Å². The first-order valence-electron chi connectivity index (χ1n) is 9.87. The first-order chi connectivity index (χ1) is 14.4. The van der Waals surface area contributed by atoms with E-state index in [2.05, 4.69) is 15.7 Å². The van der Waals surface area contributed by atoms with Gasteiger partial charge in [-0.05, 0) is 60.4 Å². The van der Waals surface area contributed by atoms with Crippen molar-refractivity contribution < 1.29 is 14.0 Å². The van der Waals surface area contributed by atoms with Crippen molar-refractivity contribution >= 4 is 11.8 Å². The van der Waals surface area contributed by atoms with E-state index in [-0.39, 0.29) is 11.8 Å². The Labute approximate surface area is 175 Å². The standard InChI is InChI=1S/C23H25FN4O2/c1-16(2)21(27-22(29)18-6-8-19(24)9-7-18)23(30)25-14-12-17-4-10-20(11-5-17)28-15-3-13-26-28/h3-11,13,15-16,21H,12,14H2,1-2H3,(H,25,30)(H,27,29). The minimum atomic E-state index is -0.676. The second-order valence-corrected chi connectivity index (χ2v) is 7.36. The van der Waals surface area contributed by atoms with Gasteiger partial charge in [0.05, 0.1) is 5.69 Å². The van der Waals surface area contributed by atoms with Gasteiger partial charge in [-0.2, -0.15) is 5.10 Å². The molecule has 3 aromatic rings. The molecule has 2 N–H and O–H groups in total. The van der Waals surface area contributed by atoms with E-state index in [9.17, 15) is 14.0 Å². The van der Waals surface area contributed by atoms with E-state index in [0.717, 1.165) is 11.3 Å². The van der Waals surface area contributed by atoms with Crippen LogP contribution in [-0.4, -0.2) is 34.2 Å². The maximum absolute atomic E-state index is 13.0. The molecule has 0 aliphatic rings. The van der Waals surface area contributed by atoms with Crippen LogP contribution in [0.25, 0.3) is 5.69 Å². The number of carbonyl (C=O) groups excluding carboxylic acids is 2. The summed E-state index contributed by atoms with van der Waals surface area (Å²) in [4.78, 5) is 25.0. The predicted molar refractivity (Wildman–Crippen MR) is 113 cm³/mol. The third-order valence-corrected chi connectivity index (χ3v) is 4.76. The van der Waals surface area contributed by atoms with E-state index in [4.69, 9.17) is 0 Å². The fourth-order valence-electron chi connectivity index (χ4n) is 3.04. The van der Waals surface area contributed by atoms with Gasteiger partial charge in [0, 0.05) is 24.5 Å². The summed E-state index contributed by atoms with van der Waals surface area (Å²) >= 11 is 0. The summed E-state index contributed by atoms with van der Waals surface area (Å²) < 4.78 is 14.8. The fourth-order valence-corrected chi connectivity index (χ4v) is 3.04. The number of amides is 2. The van der Waals surface area contributed by atoms with E-state index in [1.54, 1.807) is 10.9 Å². The number of rotatable bonds is 8. The van der Waals surface area contributed by atoms with Crippen LogP contribution in [0.3, 0.4) is 0 Å². The van der Waals surface area contributed by atoms with Crippen LogP contribution in [-0.2, 0) is 11.2 Å². The molecule has 0 saturated heterocycles. The lowest BCUT2D eigenvalue weighted by molar-refractivity contribution is -0.123. The Morgan fingerprint density at radius 3 is 2.37 bits per heavy atom. The Morgan fingerprint density at radius 1 is 1.07 bits per heavy atom. The molecule has 2 aromatic carbocycles. The first kappa shape index (κ1) is 21.2. The molecule has 1 aromatic heterocycles. The molecule has 6 nitrogen and oxygen atoms in total. The average Bonchev–Trinajstić information content (AvgIpc) is 3.27. The third kappa shape index (κ3) is 5.53. The molecule has 156 valence electrons. The molecular weight excluding hydrogens is 383 g/mol. The molecule has 0 aliphatic carbocycles. The second-order valence-electron chi connectivity index (χ2n) is 7.36. The molecule has 0 radical (unpaired) electrons. The summed E-state index contributed by atoms with van der Waals surface area (Å²) in [5, 5.41) is 9.82. The van der Waals surface area contributed by atoms with Crippen LogP contribution >= 0.6 is 0 Å². The van der Waals surface area contributed by atoms with Gasteiger partial charge in [0.15, 0.2) is 0 Å². The summed E-state index contributed by atoms with van der Waals surface area (Å²) in [6, 6.07) is 14.4. The highest BCUT2D eigenvalue weighted by atomic mass is 19.1. The van der Waals surface area contributed by atoms with Crippen LogP contribution < -0.4 is 10.6 Å². The molecule has 7 heteroatoms. The third-order valence-electron chi connectivity index (χ3n) is 4.76. The van der Waals surface area contributed by atoms with Gasteiger partial charge < -0.3 is 10.6 Å². The van der Waals surface area contributed by atoms with Gasteiger partial charge in [-0.3, -0.25) is 9.59 Å². The smallest absolute Gasteiger partial charge is 0.251 e. The molecule has 1 unspecified atom stereocenters. The molecule has 3 rings (SSSR count). The number of hydrogen-bond acceptors (Lipinski definition) is 3. The van der Waals surface area contributed by atoms with Crippen molar-refractivity contribution in [3.8, 4) is 5.69 Å². The molecule has 0 fully saturated rings. The Morgan fingerprint density at radius 2 is 1.77 bits per heavy atom. The van der Waals surface area contributed by atoms with E-state index >= 15 is 0 Å². The highest BCUT2D eigenvalue weighted by Gasteiger charge is 2.24. The van der Waals surface area contributed by atoms with Crippen molar-refractivity contribution in [1.29, 1.82) is 0 Å². The van der Waals surface area contributed by atoms with Crippen LogP contribution in [0.2, 0.25) is 0 Å². The van der Waals surface area contributed by atoms with Gasteiger partial charge >= 0.3 is 0 Å². The lowest BCUT2D eigenvalue weighted by atomic mass is 10.0. The van der Waals surface area contributed by atoms with Crippen LogP contribution in [0.15, 0.2) is 67.0 Å². The van der Waals surface area contributed by atoms with E-state index in [1.165, 1.54) is 24.3 Å². The number of aromatic nitrogens is 2. The lowest BCUT2D eigenvalue weighted by Crippen LogP contribution is -2.50. The summed E-state index contributed by atoms with van der Waals surface area (Å²) in [6.45, 7) is 4.18. The zero-order valence-corrected chi connectivity index (χ0v) is 17.0. The Balaban J connectivity index is 1.52. The quantitative estimate of drug-likeness (QED) is 0.601. The normalized spacial score (nSPS) is 11.9. The summed E-state index contributed by atoms with van der Waals surface area (Å²) in [5.74, 6) is -1.16. The van der Waals surface area contributed by atoms with Crippen molar-refractivity contribution in [3.05, 3.63) is 83.9 Å². The van der Waals surface area contributed by atoms with E-state index in [0.29, 0.717) is 18.5 Å². The maximum atomic E-state index is 13.0. The van der Waals surface area contributed by atoms with Gasteiger partial charge in [0.1, 0.15) is 11.9 Å². The van der Waals surface area contributed by atoms with Crippen molar-refractivity contribution in [1.82, 2.24) is 20.4 Å². The van der Waals surface area contributed by atoms with Crippen LogP contribution in [0.1, 0.15) is 29.8 Å². The Hall–Kier alpha value is -3.48. The molecule has 30 heavy (non-hydrogen) atoms. The SMILES string of the molecule is CC(C)C(NC(=O)c1ccc(F)cc1)C(=O)NCCc1ccc(-n2cccn2)cc1. The van der Waals surface area contributed by atoms with E-state index in [1.807, 2.05) is 50.4 Å². The Bertz CT molecular complexity index is 967. The largest absolute Gasteiger partial charge is 0.354 e. The second kappa shape index (κ2) is 9.82. The van der Waals surface area contributed by atoms with Gasteiger partial charge in [-0.15, -0.1) is 0 Å². The zero-order chi connectivity index (χ0) is 21.5. The summed E-state index contributed by atoms with van der Waals surface area (Å²) in [5.41, 5.74) is 2.37. The highest BCUT2D eigenvalue weighted by molar-refractivity contribution is 5.97. The van der Waals surface area contributed by atoms with Crippen molar-refractivity contribution in [2.24, 2.45) is 5.92 Å². The van der Waals surface area contributed by atoms with Crippen LogP contribution in [0.5, 0.6) is 0 Å².